The van der Waals surface area contributed by atoms with Gasteiger partial charge in [0.25, 0.3) is 5.91 Å². The molecule has 0 atom stereocenters. The van der Waals surface area contributed by atoms with Crippen LogP contribution in [0.5, 0.6) is 0 Å². The van der Waals surface area contributed by atoms with Gasteiger partial charge in [-0.3, -0.25) is 9.59 Å². The summed E-state index contributed by atoms with van der Waals surface area (Å²) in [4.78, 5) is 33.4. The first-order chi connectivity index (χ1) is 16.8. The molecule has 2 aromatic rings. The van der Waals surface area contributed by atoms with Crippen molar-refractivity contribution in [2.75, 3.05) is 36.4 Å². The van der Waals surface area contributed by atoms with Gasteiger partial charge in [0, 0.05) is 50.3 Å². The number of piperidine rings is 1. The van der Waals surface area contributed by atoms with E-state index in [1.54, 1.807) is 5.38 Å². The largest absolute Gasteiger partial charge is 0.416 e. The molecule has 2 aliphatic rings. The first-order valence-electron chi connectivity index (χ1n) is 11.7. The van der Waals surface area contributed by atoms with E-state index in [0.717, 1.165) is 55.9 Å². The molecular formula is C25H27F3N4O2S. The van der Waals surface area contributed by atoms with Crippen molar-refractivity contribution in [2.24, 2.45) is 0 Å². The Morgan fingerprint density at radius 1 is 1.17 bits per heavy atom. The summed E-state index contributed by atoms with van der Waals surface area (Å²) in [5, 5.41) is 5.11. The zero-order valence-electron chi connectivity index (χ0n) is 19.2. The van der Waals surface area contributed by atoms with Gasteiger partial charge in [0.15, 0.2) is 0 Å². The molecule has 2 amide bonds. The van der Waals surface area contributed by atoms with Crippen LogP contribution in [-0.4, -0.2) is 47.9 Å². The van der Waals surface area contributed by atoms with Gasteiger partial charge in [-0.15, -0.1) is 23.7 Å². The summed E-state index contributed by atoms with van der Waals surface area (Å²) >= 11 is 1.36. The van der Waals surface area contributed by atoms with Crippen LogP contribution in [0, 0.1) is 12.3 Å². The number of nitrogens with zero attached hydrogens (tertiary/aromatic N) is 3. The highest BCUT2D eigenvalue weighted by atomic mass is 32.1. The van der Waals surface area contributed by atoms with Gasteiger partial charge in [0.05, 0.1) is 21.9 Å². The number of carbonyl (C=O) groups is 2. The number of thiazole rings is 1. The van der Waals surface area contributed by atoms with Crippen molar-refractivity contribution in [3.8, 4) is 12.3 Å². The Balaban J connectivity index is 1.44. The van der Waals surface area contributed by atoms with Crippen molar-refractivity contribution in [2.45, 2.75) is 50.6 Å². The van der Waals surface area contributed by atoms with Gasteiger partial charge in [-0.2, -0.15) is 13.2 Å². The fourth-order valence-electron chi connectivity index (χ4n) is 4.53. The van der Waals surface area contributed by atoms with E-state index in [9.17, 15) is 22.8 Å². The minimum absolute atomic E-state index is 0.0514. The number of anilines is 2. The highest BCUT2D eigenvalue weighted by Crippen LogP contribution is 2.37. The Morgan fingerprint density at radius 3 is 2.54 bits per heavy atom. The monoisotopic (exact) mass is 504 g/mol. The standard InChI is InChI=1S/C25H27F3N4O2S/c1-2-3-6-22(33)32-13-9-17(10-14-32)24-30-20(16-35-24)23(34)29-19-15-18(25(26,27)28)7-8-21(19)31-11-4-5-12-31/h1,7-8,15-17H,3-6,9-14H2,(H,29,34). The molecule has 2 fully saturated rings. The maximum atomic E-state index is 13.3. The molecular weight excluding hydrogens is 477 g/mol. The lowest BCUT2D eigenvalue weighted by Gasteiger charge is -2.31. The van der Waals surface area contributed by atoms with Crippen molar-refractivity contribution >= 4 is 34.5 Å². The van der Waals surface area contributed by atoms with Gasteiger partial charge in [0.1, 0.15) is 5.69 Å². The number of terminal acetylenes is 1. The van der Waals surface area contributed by atoms with Crippen molar-refractivity contribution < 1.29 is 22.8 Å². The number of hydrogen-bond acceptors (Lipinski definition) is 5. The first kappa shape index (κ1) is 25.0. The Morgan fingerprint density at radius 2 is 1.89 bits per heavy atom. The summed E-state index contributed by atoms with van der Waals surface area (Å²) in [6.07, 6.45) is 4.89. The predicted octanol–water partition coefficient (Wildman–Crippen LogP) is 5.13. The zero-order valence-corrected chi connectivity index (χ0v) is 20.1. The van der Waals surface area contributed by atoms with E-state index < -0.39 is 17.6 Å². The van der Waals surface area contributed by atoms with E-state index >= 15 is 0 Å². The van der Waals surface area contributed by atoms with Crippen LogP contribution in [0.2, 0.25) is 0 Å². The zero-order chi connectivity index (χ0) is 25.0. The normalized spacial score (nSPS) is 16.9. The number of hydrogen-bond donors (Lipinski definition) is 1. The second-order valence-electron chi connectivity index (χ2n) is 8.81. The van der Waals surface area contributed by atoms with Crippen molar-refractivity contribution in [1.29, 1.82) is 0 Å². The highest BCUT2D eigenvalue weighted by Gasteiger charge is 2.32. The third kappa shape index (κ3) is 5.96. The molecule has 0 aliphatic carbocycles. The van der Waals surface area contributed by atoms with Gasteiger partial charge < -0.3 is 15.1 Å². The minimum atomic E-state index is -4.51. The number of rotatable bonds is 6. The van der Waals surface area contributed by atoms with Crippen LogP contribution in [0.3, 0.4) is 0 Å². The number of aromatic nitrogens is 1. The van der Waals surface area contributed by atoms with Gasteiger partial charge in [-0.05, 0) is 43.9 Å². The molecule has 1 N–H and O–H groups in total. The molecule has 0 radical (unpaired) electrons. The van der Waals surface area contributed by atoms with E-state index in [0.29, 0.717) is 31.6 Å². The number of carbonyl (C=O) groups excluding carboxylic acids is 2. The average molecular weight is 505 g/mol. The molecule has 3 heterocycles. The fraction of sp³-hybridized carbons (Fsp3) is 0.480. The number of alkyl halides is 3. The molecule has 1 aromatic carbocycles. The van der Waals surface area contributed by atoms with Crippen LogP contribution >= 0.6 is 11.3 Å². The van der Waals surface area contributed by atoms with Crippen LogP contribution in [0.25, 0.3) is 0 Å². The molecule has 1 aromatic heterocycles. The van der Waals surface area contributed by atoms with E-state index in [-0.39, 0.29) is 23.2 Å². The third-order valence-electron chi connectivity index (χ3n) is 6.45. The Bertz CT molecular complexity index is 1110. The maximum Gasteiger partial charge on any atom is 0.416 e. The number of likely N-dealkylation sites (tertiary alicyclic amines) is 1. The van der Waals surface area contributed by atoms with Gasteiger partial charge >= 0.3 is 6.18 Å². The summed E-state index contributed by atoms with van der Waals surface area (Å²) in [5.74, 6) is 2.13. The molecule has 186 valence electrons. The summed E-state index contributed by atoms with van der Waals surface area (Å²) in [6, 6.07) is 3.47. The van der Waals surface area contributed by atoms with Gasteiger partial charge in [-0.25, -0.2) is 4.98 Å². The van der Waals surface area contributed by atoms with E-state index in [2.05, 4.69) is 16.2 Å². The lowest BCUT2D eigenvalue weighted by atomic mass is 9.97. The Kier molecular flexibility index (Phi) is 7.65. The number of benzene rings is 1. The quantitative estimate of drug-likeness (QED) is 0.554. The molecule has 2 saturated heterocycles. The SMILES string of the molecule is C#CCCC(=O)N1CCC(c2nc(C(=O)Nc3cc(C(F)(F)F)ccc3N3CCCC3)cs2)CC1. The predicted molar refractivity (Wildman–Crippen MR) is 130 cm³/mol. The number of amides is 2. The second kappa shape index (κ2) is 10.7. The van der Waals surface area contributed by atoms with Crippen LogP contribution in [0.4, 0.5) is 24.5 Å². The van der Waals surface area contributed by atoms with Crippen LogP contribution in [0.15, 0.2) is 23.6 Å². The second-order valence-corrected chi connectivity index (χ2v) is 9.70. The van der Waals surface area contributed by atoms with Crippen LogP contribution in [-0.2, 0) is 11.0 Å². The van der Waals surface area contributed by atoms with E-state index in [1.165, 1.54) is 17.4 Å². The fourth-order valence-corrected chi connectivity index (χ4v) is 5.50. The summed E-state index contributed by atoms with van der Waals surface area (Å²) < 4.78 is 39.9. The van der Waals surface area contributed by atoms with E-state index in [4.69, 9.17) is 6.42 Å². The van der Waals surface area contributed by atoms with Crippen molar-refractivity contribution in [3.63, 3.8) is 0 Å². The molecule has 35 heavy (non-hydrogen) atoms. The summed E-state index contributed by atoms with van der Waals surface area (Å²) in [7, 11) is 0. The van der Waals surface area contributed by atoms with Crippen molar-refractivity contribution in [3.05, 3.63) is 39.8 Å². The molecule has 10 heteroatoms. The molecule has 0 spiro atoms. The van der Waals surface area contributed by atoms with Crippen LogP contribution < -0.4 is 10.2 Å². The average Bonchev–Trinajstić information content (AvgIpc) is 3.55. The molecule has 4 rings (SSSR count). The molecule has 6 nitrogen and oxygen atoms in total. The number of halogens is 3. The Hall–Kier alpha value is -3.06. The molecule has 2 aliphatic heterocycles. The van der Waals surface area contributed by atoms with Crippen LogP contribution in [0.1, 0.15) is 65.5 Å². The van der Waals surface area contributed by atoms with Crippen molar-refractivity contribution in [1.82, 2.24) is 9.88 Å². The van der Waals surface area contributed by atoms with E-state index in [1.807, 2.05) is 9.80 Å². The Labute approximate surface area is 206 Å². The highest BCUT2D eigenvalue weighted by molar-refractivity contribution is 7.10. The topological polar surface area (TPSA) is 65.5 Å². The molecule has 0 bridgehead atoms. The minimum Gasteiger partial charge on any atom is -0.370 e. The smallest absolute Gasteiger partial charge is 0.370 e. The first-order valence-corrected chi connectivity index (χ1v) is 12.6. The summed E-state index contributed by atoms with van der Waals surface area (Å²) in [5.41, 5.74) is 0.0989. The lowest BCUT2D eigenvalue weighted by molar-refractivity contribution is -0.137. The van der Waals surface area contributed by atoms with Gasteiger partial charge in [-0.1, -0.05) is 0 Å². The summed E-state index contributed by atoms with van der Waals surface area (Å²) in [6.45, 7) is 2.69. The maximum absolute atomic E-state index is 13.3. The number of nitrogens with one attached hydrogen (secondary N) is 1. The third-order valence-corrected chi connectivity index (χ3v) is 7.46. The lowest BCUT2D eigenvalue weighted by Crippen LogP contribution is -2.37. The van der Waals surface area contributed by atoms with Gasteiger partial charge in [0.2, 0.25) is 5.91 Å². The molecule has 0 saturated carbocycles. The molecule has 0 unspecified atom stereocenters.